The van der Waals surface area contributed by atoms with Crippen LogP contribution in [0, 0.1) is 0 Å². The van der Waals surface area contributed by atoms with Gasteiger partial charge in [0, 0.05) is 37.8 Å². The van der Waals surface area contributed by atoms with Gasteiger partial charge in [-0.1, -0.05) is 6.92 Å². The molecule has 0 saturated carbocycles. The maximum atomic E-state index is 12.6. The fourth-order valence-corrected chi connectivity index (χ4v) is 3.38. The van der Waals surface area contributed by atoms with Gasteiger partial charge in [-0.2, -0.15) is 13.2 Å². The minimum Gasteiger partial charge on any atom is -0.357 e. The van der Waals surface area contributed by atoms with Gasteiger partial charge in [0.2, 0.25) is 0 Å². The van der Waals surface area contributed by atoms with E-state index in [2.05, 4.69) is 32.8 Å². The molecule has 0 radical (unpaired) electrons. The van der Waals surface area contributed by atoms with E-state index in [1.165, 1.54) is 18.6 Å². The number of carbonyl (C=O) groups is 1. The van der Waals surface area contributed by atoms with Crippen LogP contribution in [0.2, 0.25) is 0 Å². The van der Waals surface area contributed by atoms with Gasteiger partial charge in [0.25, 0.3) is 5.91 Å². The van der Waals surface area contributed by atoms with Crippen molar-refractivity contribution in [3.63, 3.8) is 0 Å². The Morgan fingerprint density at radius 2 is 1.80 bits per heavy atom. The lowest BCUT2D eigenvalue weighted by Gasteiger charge is -2.32. The van der Waals surface area contributed by atoms with Crippen molar-refractivity contribution < 1.29 is 18.0 Å². The second-order valence-corrected chi connectivity index (χ2v) is 7.35. The van der Waals surface area contributed by atoms with Crippen LogP contribution >= 0.6 is 0 Å². The number of hydrogen-bond donors (Lipinski definition) is 3. The highest BCUT2D eigenvalue weighted by atomic mass is 19.4. The first-order valence-corrected chi connectivity index (χ1v) is 10.6. The Balaban J connectivity index is 1.78. The van der Waals surface area contributed by atoms with Gasteiger partial charge in [0.05, 0.1) is 12.1 Å². The van der Waals surface area contributed by atoms with E-state index in [9.17, 15) is 18.0 Å². The summed E-state index contributed by atoms with van der Waals surface area (Å²) in [6.45, 7) is 8.88. The number of piperidine rings is 1. The van der Waals surface area contributed by atoms with Crippen molar-refractivity contribution in [1.82, 2.24) is 20.9 Å². The van der Waals surface area contributed by atoms with Crippen molar-refractivity contribution in [2.45, 2.75) is 45.3 Å². The maximum Gasteiger partial charge on any atom is 0.416 e. The van der Waals surface area contributed by atoms with Crippen LogP contribution in [0.4, 0.5) is 13.2 Å². The second kappa shape index (κ2) is 11.8. The molecule has 1 aliphatic rings. The molecule has 3 N–H and O–H groups in total. The van der Waals surface area contributed by atoms with Crippen LogP contribution in [-0.2, 0) is 6.18 Å². The molecule has 168 valence electrons. The van der Waals surface area contributed by atoms with Crippen molar-refractivity contribution in [3.05, 3.63) is 35.4 Å². The van der Waals surface area contributed by atoms with Crippen molar-refractivity contribution in [1.29, 1.82) is 0 Å². The Bertz CT molecular complexity index is 683. The number of alkyl halides is 3. The topological polar surface area (TPSA) is 68.8 Å². The number of aliphatic imine (C=N–C) groups is 1. The zero-order valence-electron chi connectivity index (χ0n) is 17.7. The molecule has 1 aliphatic heterocycles. The number of likely N-dealkylation sites (tertiary alicyclic amines) is 1. The van der Waals surface area contributed by atoms with Gasteiger partial charge in [-0.3, -0.25) is 9.79 Å². The smallest absolute Gasteiger partial charge is 0.357 e. The predicted octanol–water partition coefficient (Wildman–Crippen LogP) is 2.86. The SMILES string of the molecule is CCCN1CCC(NC(=NCCNC(=O)c2ccc(C(F)(F)F)cc2)NCC)CC1. The number of amides is 1. The number of nitrogens with zero attached hydrogens (tertiary/aromatic N) is 2. The number of rotatable bonds is 8. The average Bonchev–Trinajstić information content (AvgIpc) is 2.72. The highest BCUT2D eigenvalue weighted by molar-refractivity contribution is 5.94. The highest BCUT2D eigenvalue weighted by Gasteiger charge is 2.30. The van der Waals surface area contributed by atoms with E-state index in [-0.39, 0.29) is 5.56 Å². The minimum absolute atomic E-state index is 0.191. The molecule has 0 atom stereocenters. The Morgan fingerprint density at radius 3 is 2.37 bits per heavy atom. The van der Waals surface area contributed by atoms with Crippen molar-refractivity contribution in [2.75, 3.05) is 39.3 Å². The molecule has 0 unspecified atom stereocenters. The van der Waals surface area contributed by atoms with Crippen LogP contribution in [0.1, 0.15) is 49.0 Å². The Morgan fingerprint density at radius 1 is 1.13 bits per heavy atom. The summed E-state index contributed by atoms with van der Waals surface area (Å²) < 4.78 is 37.8. The molecule has 1 heterocycles. The van der Waals surface area contributed by atoms with Crippen LogP contribution in [0.5, 0.6) is 0 Å². The van der Waals surface area contributed by atoms with Gasteiger partial charge in [-0.05, 0) is 57.0 Å². The normalized spacial score (nSPS) is 16.4. The van der Waals surface area contributed by atoms with Gasteiger partial charge in [-0.15, -0.1) is 0 Å². The first kappa shape index (κ1) is 24.0. The highest BCUT2D eigenvalue weighted by Crippen LogP contribution is 2.29. The third-order valence-electron chi connectivity index (χ3n) is 4.95. The summed E-state index contributed by atoms with van der Waals surface area (Å²) >= 11 is 0. The number of benzene rings is 1. The second-order valence-electron chi connectivity index (χ2n) is 7.35. The molecule has 9 heteroatoms. The summed E-state index contributed by atoms with van der Waals surface area (Å²) in [4.78, 5) is 19.1. The van der Waals surface area contributed by atoms with Crippen LogP contribution < -0.4 is 16.0 Å². The van der Waals surface area contributed by atoms with Crippen molar-refractivity contribution >= 4 is 11.9 Å². The molecule has 1 aromatic rings. The van der Waals surface area contributed by atoms with Gasteiger partial charge in [-0.25, -0.2) is 0 Å². The minimum atomic E-state index is -4.41. The van der Waals surface area contributed by atoms with Crippen LogP contribution in [0.25, 0.3) is 0 Å². The van der Waals surface area contributed by atoms with E-state index >= 15 is 0 Å². The summed E-state index contributed by atoms with van der Waals surface area (Å²) in [7, 11) is 0. The molecule has 30 heavy (non-hydrogen) atoms. The molecular weight excluding hydrogens is 395 g/mol. The molecule has 1 aromatic carbocycles. The van der Waals surface area contributed by atoms with E-state index in [4.69, 9.17) is 0 Å². The van der Waals surface area contributed by atoms with E-state index in [0.29, 0.717) is 19.1 Å². The van der Waals surface area contributed by atoms with Crippen LogP contribution in [0.15, 0.2) is 29.3 Å². The molecule has 6 nitrogen and oxygen atoms in total. The van der Waals surface area contributed by atoms with Gasteiger partial charge >= 0.3 is 6.18 Å². The lowest BCUT2D eigenvalue weighted by Crippen LogP contribution is -2.49. The lowest BCUT2D eigenvalue weighted by molar-refractivity contribution is -0.137. The third kappa shape index (κ3) is 7.85. The summed E-state index contributed by atoms with van der Waals surface area (Å²) in [5.74, 6) is 0.301. The molecule has 0 bridgehead atoms. The van der Waals surface area contributed by atoms with Gasteiger partial charge in [0.15, 0.2) is 5.96 Å². The van der Waals surface area contributed by atoms with Crippen molar-refractivity contribution in [3.8, 4) is 0 Å². The largest absolute Gasteiger partial charge is 0.416 e. The van der Waals surface area contributed by atoms with Gasteiger partial charge < -0.3 is 20.9 Å². The monoisotopic (exact) mass is 427 g/mol. The van der Waals surface area contributed by atoms with Crippen LogP contribution in [-0.4, -0.2) is 62.1 Å². The summed E-state index contributed by atoms with van der Waals surface area (Å²) in [6, 6.07) is 4.55. The lowest BCUT2D eigenvalue weighted by atomic mass is 10.1. The fourth-order valence-electron chi connectivity index (χ4n) is 3.38. The first-order chi connectivity index (χ1) is 14.3. The molecule has 0 aromatic heterocycles. The van der Waals surface area contributed by atoms with E-state index in [1.807, 2.05) is 6.92 Å². The standard InChI is InChI=1S/C21H32F3N5O/c1-3-13-29-14-9-18(10-15-29)28-20(25-4-2)27-12-11-26-19(30)16-5-7-17(8-6-16)21(22,23)24/h5-8,18H,3-4,9-15H2,1-2H3,(H,26,30)(H2,25,27,28). The molecule has 0 spiro atoms. The zero-order valence-corrected chi connectivity index (χ0v) is 17.7. The Kier molecular flexibility index (Phi) is 9.42. The number of hydrogen-bond acceptors (Lipinski definition) is 3. The quantitative estimate of drug-likeness (QED) is 0.339. The predicted molar refractivity (Wildman–Crippen MR) is 113 cm³/mol. The zero-order chi connectivity index (χ0) is 22.0. The molecule has 1 amide bonds. The van der Waals surface area contributed by atoms with E-state index < -0.39 is 17.6 Å². The molecule has 1 saturated heterocycles. The molecular formula is C21H32F3N5O. The van der Waals surface area contributed by atoms with E-state index in [0.717, 1.165) is 57.1 Å². The Hall–Kier alpha value is -2.29. The summed E-state index contributed by atoms with van der Waals surface area (Å²) in [6.07, 6.45) is -1.11. The van der Waals surface area contributed by atoms with Crippen LogP contribution in [0.3, 0.4) is 0 Å². The first-order valence-electron chi connectivity index (χ1n) is 10.6. The number of guanidine groups is 1. The van der Waals surface area contributed by atoms with Crippen molar-refractivity contribution in [2.24, 2.45) is 4.99 Å². The summed E-state index contributed by atoms with van der Waals surface area (Å²) in [5, 5.41) is 9.35. The maximum absolute atomic E-state index is 12.6. The summed E-state index contributed by atoms with van der Waals surface area (Å²) in [5.41, 5.74) is -0.582. The average molecular weight is 428 g/mol. The number of nitrogens with one attached hydrogen (secondary N) is 3. The number of carbonyl (C=O) groups excluding carboxylic acids is 1. The van der Waals surface area contributed by atoms with E-state index in [1.54, 1.807) is 0 Å². The molecule has 0 aliphatic carbocycles. The fraction of sp³-hybridized carbons (Fsp3) is 0.619. The molecule has 2 rings (SSSR count). The number of halogens is 3. The Labute approximate surface area is 176 Å². The van der Waals surface area contributed by atoms with Gasteiger partial charge in [0.1, 0.15) is 0 Å². The molecule has 1 fully saturated rings. The third-order valence-corrected chi connectivity index (χ3v) is 4.95.